The molecule has 1 amide bonds. The number of nitrogens with one attached hydrogen (secondary N) is 1. The van der Waals surface area contributed by atoms with Gasteiger partial charge in [-0.15, -0.1) is 0 Å². The first-order chi connectivity index (χ1) is 13.5. The molecule has 0 bridgehead atoms. The van der Waals surface area contributed by atoms with E-state index in [-0.39, 0.29) is 11.9 Å². The lowest BCUT2D eigenvalue weighted by Crippen LogP contribution is -2.46. The standard InChI is InChI=1S/C25H28N2O/c1-20(27(2)3)19-25(21-13-7-4-8-14-21,22-15-9-5-10-16-22)24(28)26-23-17-11-6-12-18-23/h4-18,20H,19H2,1-3H3,(H,26,28). The Morgan fingerprint density at radius 1 is 0.821 bits per heavy atom. The largest absolute Gasteiger partial charge is 0.325 e. The van der Waals surface area contributed by atoms with Crippen LogP contribution in [-0.2, 0) is 10.2 Å². The molecule has 1 atom stereocenters. The van der Waals surface area contributed by atoms with Crippen LogP contribution < -0.4 is 5.32 Å². The number of carbonyl (C=O) groups is 1. The average Bonchev–Trinajstić information content (AvgIpc) is 2.73. The predicted octanol–water partition coefficient (Wildman–Crippen LogP) is 4.95. The second kappa shape index (κ2) is 8.85. The maximum atomic E-state index is 13.9. The lowest BCUT2D eigenvalue weighted by Gasteiger charge is -2.37. The Morgan fingerprint density at radius 2 is 1.25 bits per heavy atom. The van der Waals surface area contributed by atoms with Crippen LogP contribution >= 0.6 is 0 Å². The van der Waals surface area contributed by atoms with Crippen LogP contribution in [0.25, 0.3) is 0 Å². The van der Waals surface area contributed by atoms with Crippen LogP contribution in [0.1, 0.15) is 24.5 Å². The molecular weight excluding hydrogens is 344 g/mol. The minimum Gasteiger partial charge on any atom is -0.325 e. The Balaban J connectivity index is 2.16. The molecule has 0 fully saturated rings. The molecule has 0 spiro atoms. The van der Waals surface area contributed by atoms with E-state index in [1.165, 1.54) is 0 Å². The summed E-state index contributed by atoms with van der Waals surface area (Å²) in [5.41, 5.74) is 2.02. The number of hydrogen-bond donors (Lipinski definition) is 1. The number of hydrogen-bond acceptors (Lipinski definition) is 2. The second-order valence-corrected chi connectivity index (χ2v) is 7.47. The van der Waals surface area contributed by atoms with Gasteiger partial charge >= 0.3 is 0 Å². The summed E-state index contributed by atoms with van der Waals surface area (Å²) >= 11 is 0. The Bertz CT molecular complexity index is 837. The van der Waals surface area contributed by atoms with Gasteiger partial charge in [0.25, 0.3) is 0 Å². The van der Waals surface area contributed by atoms with Gasteiger partial charge in [0, 0.05) is 11.7 Å². The van der Waals surface area contributed by atoms with E-state index in [0.29, 0.717) is 6.42 Å². The monoisotopic (exact) mass is 372 g/mol. The van der Waals surface area contributed by atoms with Crippen molar-refractivity contribution in [3.8, 4) is 0 Å². The summed E-state index contributed by atoms with van der Waals surface area (Å²) in [7, 11) is 4.11. The van der Waals surface area contributed by atoms with E-state index >= 15 is 0 Å². The summed E-state index contributed by atoms with van der Waals surface area (Å²) in [5.74, 6) is -0.00944. The van der Waals surface area contributed by atoms with Gasteiger partial charge in [0.15, 0.2) is 0 Å². The fraction of sp³-hybridized carbons (Fsp3) is 0.240. The number of nitrogens with zero attached hydrogens (tertiary/aromatic N) is 1. The number of anilines is 1. The van der Waals surface area contributed by atoms with Crippen molar-refractivity contribution in [2.75, 3.05) is 19.4 Å². The highest BCUT2D eigenvalue weighted by molar-refractivity contribution is 6.02. The first-order valence-electron chi connectivity index (χ1n) is 9.68. The van der Waals surface area contributed by atoms with E-state index in [1.54, 1.807) is 0 Å². The highest BCUT2D eigenvalue weighted by atomic mass is 16.2. The molecule has 0 aliphatic rings. The molecule has 0 saturated carbocycles. The van der Waals surface area contributed by atoms with Gasteiger partial charge in [-0.05, 0) is 50.7 Å². The average molecular weight is 373 g/mol. The minimum absolute atomic E-state index is 0.00944. The molecule has 0 radical (unpaired) electrons. The van der Waals surface area contributed by atoms with Gasteiger partial charge in [-0.25, -0.2) is 0 Å². The predicted molar refractivity (Wildman–Crippen MR) is 117 cm³/mol. The first-order valence-corrected chi connectivity index (χ1v) is 9.68. The topological polar surface area (TPSA) is 32.3 Å². The molecule has 3 rings (SSSR count). The Labute approximate surface area is 168 Å². The van der Waals surface area contributed by atoms with Crippen molar-refractivity contribution in [1.82, 2.24) is 4.90 Å². The van der Waals surface area contributed by atoms with Crippen LogP contribution in [0.3, 0.4) is 0 Å². The zero-order valence-corrected chi connectivity index (χ0v) is 16.8. The quantitative estimate of drug-likeness (QED) is 0.636. The number of rotatable bonds is 7. The summed E-state index contributed by atoms with van der Waals surface area (Å²) < 4.78 is 0. The minimum atomic E-state index is -0.790. The van der Waals surface area contributed by atoms with E-state index in [0.717, 1.165) is 16.8 Å². The molecule has 0 aliphatic carbocycles. The number of para-hydroxylation sites is 1. The third-order valence-corrected chi connectivity index (χ3v) is 5.44. The third kappa shape index (κ3) is 4.15. The molecular formula is C25H28N2O. The lowest BCUT2D eigenvalue weighted by molar-refractivity contribution is -0.120. The molecule has 3 aromatic rings. The van der Waals surface area contributed by atoms with Crippen molar-refractivity contribution in [3.05, 3.63) is 102 Å². The van der Waals surface area contributed by atoms with Gasteiger partial charge in [-0.3, -0.25) is 4.79 Å². The highest BCUT2D eigenvalue weighted by Gasteiger charge is 2.43. The van der Waals surface area contributed by atoms with Crippen LogP contribution in [0.5, 0.6) is 0 Å². The van der Waals surface area contributed by atoms with Crippen LogP contribution in [0.2, 0.25) is 0 Å². The summed E-state index contributed by atoms with van der Waals surface area (Å²) in [6, 6.07) is 30.1. The van der Waals surface area contributed by atoms with Crippen LogP contribution in [-0.4, -0.2) is 30.9 Å². The molecule has 1 unspecified atom stereocenters. The van der Waals surface area contributed by atoms with Gasteiger partial charge in [-0.2, -0.15) is 0 Å². The fourth-order valence-electron chi connectivity index (χ4n) is 3.59. The third-order valence-electron chi connectivity index (χ3n) is 5.44. The second-order valence-electron chi connectivity index (χ2n) is 7.47. The normalized spacial score (nSPS) is 12.6. The zero-order chi connectivity index (χ0) is 20.0. The van der Waals surface area contributed by atoms with Crippen molar-refractivity contribution < 1.29 is 4.79 Å². The lowest BCUT2D eigenvalue weighted by atomic mass is 9.69. The van der Waals surface area contributed by atoms with Gasteiger partial charge in [0.05, 0.1) is 0 Å². The summed E-state index contributed by atoms with van der Waals surface area (Å²) in [6.07, 6.45) is 0.673. The van der Waals surface area contributed by atoms with Gasteiger partial charge in [0.1, 0.15) is 5.41 Å². The first kappa shape index (κ1) is 19.8. The Morgan fingerprint density at radius 3 is 1.68 bits per heavy atom. The van der Waals surface area contributed by atoms with E-state index in [2.05, 4.69) is 55.5 Å². The molecule has 28 heavy (non-hydrogen) atoms. The molecule has 0 aromatic heterocycles. The summed E-state index contributed by atoms with van der Waals surface area (Å²) in [5, 5.41) is 3.17. The molecule has 3 nitrogen and oxygen atoms in total. The van der Waals surface area contributed by atoms with Gasteiger partial charge in [-0.1, -0.05) is 78.9 Å². The molecule has 0 saturated heterocycles. The Hall–Kier alpha value is -2.91. The van der Waals surface area contributed by atoms with E-state index < -0.39 is 5.41 Å². The van der Waals surface area contributed by atoms with Crippen molar-refractivity contribution in [1.29, 1.82) is 0 Å². The molecule has 144 valence electrons. The molecule has 3 heteroatoms. The Kier molecular flexibility index (Phi) is 6.27. The molecule has 0 heterocycles. The smallest absolute Gasteiger partial charge is 0.239 e. The zero-order valence-electron chi connectivity index (χ0n) is 16.8. The molecule has 1 N–H and O–H groups in total. The van der Waals surface area contributed by atoms with Crippen molar-refractivity contribution in [3.63, 3.8) is 0 Å². The van der Waals surface area contributed by atoms with Gasteiger partial charge < -0.3 is 10.2 Å². The molecule has 3 aromatic carbocycles. The summed E-state index contributed by atoms with van der Waals surface area (Å²) in [4.78, 5) is 16.0. The van der Waals surface area contributed by atoms with Crippen LogP contribution in [0, 0.1) is 0 Å². The molecule has 0 aliphatic heterocycles. The van der Waals surface area contributed by atoms with Crippen LogP contribution in [0.15, 0.2) is 91.0 Å². The fourth-order valence-corrected chi connectivity index (χ4v) is 3.59. The number of benzene rings is 3. The van der Waals surface area contributed by atoms with E-state index in [9.17, 15) is 4.79 Å². The number of carbonyl (C=O) groups excluding carboxylic acids is 1. The maximum Gasteiger partial charge on any atom is 0.239 e. The van der Waals surface area contributed by atoms with E-state index in [4.69, 9.17) is 0 Å². The SMILES string of the molecule is CC(CC(C(=O)Nc1ccccc1)(c1ccccc1)c1ccccc1)N(C)C. The van der Waals surface area contributed by atoms with Crippen LogP contribution in [0.4, 0.5) is 5.69 Å². The number of amides is 1. The maximum absolute atomic E-state index is 13.9. The summed E-state index contributed by atoms with van der Waals surface area (Å²) in [6.45, 7) is 2.16. The van der Waals surface area contributed by atoms with Crippen molar-refractivity contribution in [2.45, 2.75) is 24.8 Å². The van der Waals surface area contributed by atoms with E-state index in [1.807, 2.05) is 66.7 Å². The van der Waals surface area contributed by atoms with Crippen molar-refractivity contribution >= 4 is 11.6 Å². The highest BCUT2D eigenvalue weighted by Crippen LogP contribution is 2.39. The van der Waals surface area contributed by atoms with Crippen molar-refractivity contribution in [2.24, 2.45) is 0 Å². The van der Waals surface area contributed by atoms with Gasteiger partial charge in [0.2, 0.25) is 5.91 Å².